The molecule has 0 bridgehead atoms. The summed E-state index contributed by atoms with van der Waals surface area (Å²) in [4.78, 5) is 16.5. The lowest BCUT2D eigenvalue weighted by Gasteiger charge is -2.18. The minimum atomic E-state index is -0.0847. The number of nitrogens with one attached hydrogen (secondary N) is 1. The molecule has 0 aliphatic carbocycles. The number of carbonyl (C=O) groups excluding carboxylic acids is 1. The van der Waals surface area contributed by atoms with Gasteiger partial charge in [0.25, 0.3) is 0 Å². The minimum Gasteiger partial charge on any atom is -0.325 e. The van der Waals surface area contributed by atoms with Gasteiger partial charge in [0.2, 0.25) is 5.91 Å². The lowest BCUT2D eigenvalue weighted by Crippen LogP contribution is -2.15. The molecule has 4 aromatic rings. The number of amides is 1. The van der Waals surface area contributed by atoms with Gasteiger partial charge in [-0.2, -0.15) is 0 Å². The van der Waals surface area contributed by atoms with Gasteiger partial charge in [0, 0.05) is 25.1 Å². The molecule has 7 heteroatoms. The van der Waals surface area contributed by atoms with Crippen LogP contribution >= 0.6 is 11.8 Å². The van der Waals surface area contributed by atoms with Crippen molar-refractivity contribution in [3.8, 4) is 11.4 Å². The molecule has 0 spiro atoms. The lowest BCUT2D eigenvalue weighted by atomic mass is 10.1. The first-order chi connectivity index (χ1) is 14.7. The summed E-state index contributed by atoms with van der Waals surface area (Å²) in [6, 6.07) is 23.4. The Hall–Kier alpha value is -3.45. The molecule has 1 unspecified atom stereocenters. The molecule has 0 aliphatic heterocycles. The van der Waals surface area contributed by atoms with Crippen LogP contribution in [0.4, 0.5) is 5.69 Å². The van der Waals surface area contributed by atoms with Crippen molar-refractivity contribution >= 4 is 23.4 Å². The summed E-state index contributed by atoms with van der Waals surface area (Å²) in [5.41, 5.74) is 2.85. The van der Waals surface area contributed by atoms with E-state index in [0.29, 0.717) is 5.16 Å². The molecule has 1 atom stereocenters. The Morgan fingerprint density at radius 2 is 1.67 bits per heavy atom. The molecule has 2 aromatic heterocycles. The average molecular weight is 418 g/mol. The van der Waals surface area contributed by atoms with E-state index >= 15 is 0 Å². The zero-order valence-electron chi connectivity index (χ0n) is 16.5. The van der Waals surface area contributed by atoms with Gasteiger partial charge in [0.1, 0.15) is 0 Å². The van der Waals surface area contributed by atoms with Crippen LogP contribution in [-0.2, 0) is 4.79 Å². The number of anilines is 1. The van der Waals surface area contributed by atoms with E-state index < -0.39 is 0 Å². The van der Waals surface area contributed by atoms with Gasteiger partial charge in [0.05, 0.1) is 11.8 Å². The van der Waals surface area contributed by atoms with Gasteiger partial charge in [-0.3, -0.25) is 14.3 Å². The van der Waals surface area contributed by atoms with E-state index in [1.165, 1.54) is 11.8 Å². The zero-order chi connectivity index (χ0) is 20.8. The van der Waals surface area contributed by atoms with E-state index in [1.807, 2.05) is 60.7 Å². The van der Waals surface area contributed by atoms with Crippen LogP contribution < -0.4 is 5.32 Å². The molecule has 0 saturated heterocycles. The number of aromatic nitrogens is 4. The average Bonchev–Trinajstić information content (AvgIpc) is 3.23. The van der Waals surface area contributed by atoms with Crippen molar-refractivity contribution < 1.29 is 6.22 Å². The number of benzene rings is 2. The molecule has 2 aromatic carbocycles. The van der Waals surface area contributed by atoms with E-state index in [4.69, 9.17) is 0 Å². The first-order valence-corrected chi connectivity index (χ1v) is 10.6. The predicted octanol–water partition coefficient (Wildman–Crippen LogP) is 4.93. The van der Waals surface area contributed by atoms with Gasteiger partial charge in [-0.1, -0.05) is 60.3 Å². The molecule has 2 heterocycles. The van der Waals surface area contributed by atoms with Gasteiger partial charge < -0.3 is 5.32 Å². The standard InChI is InChI=1S/C23H21N5OS.H2/c1-17(18-8-4-2-5-9-18)28-22(19-12-14-24-15-13-19)26-27-23(28)30-16-21(29)25-20-10-6-3-7-11-20;/h2-15,17H,16H2,1H3,(H,25,29);1H. The number of hydrogen-bond donors (Lipinski definition) is 1. The predicted molar refractivity (Wildman–Crippen MR) is 121 cm³/mol. The van der Waals surface area contributed by atoms with Gasteiger partial charge in [-0.25, -0.2) is 0 Å². The fourth-order valence-electron chi connectivity index (χ4n) is 3.15. The van der Waals surface area contributed by atoms with Crippen LogP contribution in [0.3, 0.4) is 0 Å². The van der Waals surface area contributed by atoms with Crippen LogP contribution in [0.15, 0.2) is 90.3 Å². The zero-order valence-corrected chi connectivity index (χ0v) is 17.3. The third-order valence-corrected chi connectivity index (χ3v) is 5.61. The summed E-state index contributed by atoms with van der Waals surface area (Å²) in [5.74, 6) is 0.906. The second-order valence-corrected chi connectivity index (χ2v) is 7.64. The van der Waals surface area contributed by atoms with E-state index in [0.717, 1.165) is 22.6 Å². The first-order valence-electron chi connectivity index (χ1n) is 9.60. The summed E-state index contributed by atoms with van der Waals surface area (Å²) < 4.78 is 2.07. The Kier molecular flexibility index (Phi) is 6.20. The largest absolute Gasteiger partial charge is 0.325 e. The maximum atomic E-state index is 12.4. The van der Waals surface area contributed by atoms with Crippen molar-refractivity contribution in [1.82, 2.24) is 19.7 Å². The highest BCUT2D eigenvalue weighted by atomic mass is 32.2. The molecule has 1 amide bonds. The Morgan fingerprint density at radius 3 is 2.37 bits per heavy atom. The van der Waals surface area contributed by atoms with E-state index in [2.05, 4.69) is 44.1 Å². The maximum absolute atomic E-state index is 12.4. The highest BCUT2D eigenvalue weighted by Crippen LogP contribution is 2.30. The molecule has 0 fully saturated rings. The Morgan fingerprint density at radius 1 is 1.00 bits per heavy atom. The van der Waals surface area contributed by atoms with Gasteiger partial charge in [-0.05, 0) is 36.8 Å². The number of nitrogens with zero attached hydrogens (tertiary/aromatic N) is 4. The summed E-state index contributed by atoms with van der Waals surface area (Å²) in [5, 5.41) is 12.4. The molecule has 6 nitrogen and oxygen atoms in total. The van der Waals surface area contributed by atoms with Crippen molar-refractivity contribution in [1.29, 1.82) is 0 Å². The molecule has 1 N–H and O–H groups in total. The number of hydrogen-bond acceptors (Lipinski definition) is 5. The number of rotatable bonds is 7. The lowest BCUT2D eigenvalue weighted by molar-refractivity contribution is -0.113. The van der Waals surface area contributed by atoms with E-state index in [-0.39, 0.29) is 19.1 Å². The van der Waals surface area contributed by atoms with Crippen LogP contribution in [0.1, 0.15) is 20.0 Å². The van der Waals surface area contributed by atoms with Crippen molar-refractivity contribution in [2.24, 2.45) is 0 Å². The smallest absolute Gasteiger partial charge is 0.234 e. The Balaban J connectivity index is 0.00000272. The minimum absolute atomic E-state index is 0. The fraction of sp³-hybridized carbons (Fsp3) is 0.130. The normalized spacial score (nSPS) is 11.8. The van der Waals surface area contributed by atoms with E-state index in [1.54, 1.807) is 12.4 Å². The molecule has 4 rings (SSSR count). The third kappa shape index (κ3) is 4.58. The SMILES string of the molecule is CC(c1ccccc1)n1c(SCC(=O)Nc2ccccc2)nnc1-c1ccncc1.[HH]. The summed E-state index contributed by atoms with van der Waals surface area (Å²) in [7, 11) is 0. The van der Waals surface area contributed by atoms with Crippen molar-refractivity contribution in [3.05, 3.63) is 90.8 Å². The number of carbonyl (C=O) groups is 1. The summed E-state index contributed by atoms with van der Waals surface area (Å²) in [6.07, 6.45) is 3.48. The third-order valence-electron chi connectivity index (χ3n) is 4.66. The van der Waals surface area contributed by atoms with E-state index in [9.17, 15) is 4.79 Å². The quantitative estimate of drug-likeness (QED) is 0.432. The molecule has 0 radical (unpaired) electrons. The van der Waals surface area contributed by atoms with Gasteiger partial charge in [0.15, 0.2) is 11.0 Å². The maximum Gasteiger partial charge on any atom is 0.234 e. The van der Waals surface area contributed by atoms with Crippen LogP contribution in [-0.4, -0.2) is 31.4 Å². The topological polar surface area (TPSA) is 72.7 Å². The van der Waals surface area contributed by atoms with Crippen LogP contribution in [0, 0.1) is 0 Å². The Labute approximate surface area is 180 Å². The number of thioether (sulfide) groups is 1. The number of para-hydroxylation sites is 1. The number of pyridine rings is 1. The highest BCUT2D eigenvalue weighted by Gasteiger charge is 2.21. The van der Waals surface area contributed by atoms with Gasteiger partial charge in [-0.15, -0.1) is 10.2 Å². The molecule has 0 aliphatic rings. The first kappa shape index (κ1) is 19.8. The second kappa shape index (κ2) is 9.37. The molecule has 152 valence electrons. The van der Waals surface area contributed by atoms with Crippen LogP contribution in [0.2, 0.25) is 0 Å². The summed E-state index contributed by atoms with van der Waals surface area (Å²) in [6.45, 7) is 2.11. The van der Waals surface area contributed by atoms with Gasteiger partial charge >= 0.3 is 0 Å². The van der Waals surface area contributed by atoms with Crippen LogP contribution in [0.5, 0.6) is 0 Å². The van der Waals surface area contributed by atoms with Crippen molar-refractivity contribution in [2.45, 2.75) is 18.1 Å². The Bertz CT molecular complexity index is 1110. The molecular weight excluding hydrogens is 394 g/mol. The van der Waals surface area contributed by atoms with Crippen molar-refractivity contribution in [2.75, 3.05) is 11.1 Å². The monoisotopic (exact) mass is 417 g/mol. The highest BCUT2D eigenvalue weighted by molar-refractivity contribution is 7.99. The molecule has 0 saturated carbocycles. The summed E-state index contributed by atoms with van der Waals surface area (Å²) >= 11 is 1.37. The van der Waals surface area contributed by atoms with Crippen LogP contribution in [0.25, 0.3) is 11.4 Å². The molecular formula is C23H23N5OS. The van der Waals surface area contributed by atoms with Crippen molar-refractivity contribution in [3.63, 3.8) is 0 Å². The fourth-order valence-corrected chi connectivity index (χ4v) is 3.97. The second-order valence-electron chi connectivity index (χ2n) is 6.70. The molecule has 30 heavy (non-hydrogen) atoms.